The first-order valence-electron chi connectivity index (χ1n) is 5.37. The van der Waals surface area contributed by atoms with Gasteiger partial charge in [-0.2, -0.15) is 0 Å². The van der Waals surface area contributed by atoms with Gasteiger partial charge in [0.05, 0.1) is 12.7 Å². The number of halogens is 1. The summed E-state index contributed by atoms with van der Waals surface area (Å²) in [7, 11) is 0. The Hall–Kier alpha value is -0.580. The molecule has 2 nitrogen and oxygen atoms in total. The highest BCUT2D eigenvalue weighted by atomic mass is 32.2. The molecule has 1 aromatic rings. The summed E-state index contributed by atoms with van der Waals surface area (Å²) in [6, 6.07) is 6.56. The Morgan fingerprint density at radius 3 is 2.88 bits per heavy atom. The molecule has 0 amide bonds. The van der Waals surface area contributed by atoms with E-state index in [2.05, 4.69) is 0 Å². The molecule has 0 radical (unpaired) electrons. The molecule has 4 heteroatoms. The molecule has 0 spiro atoms. The molecule has 0 aromatic heterocycles. The van der Waals surface area contributed by atoms with Crippen molar-refractivity contribution in [2.75, 3.05) is 19.0 Å². The monoisotopic (exact) mass is 244 g/mol. The van der Waals surface area contributed by atoms with Crippen LogP contribution in [0.25, 0.3) is 0 Å². The highest BCUT2D eigenvalue weighted by Gasteiger charge is 2.07. The van der Waals surface area contributed by atoms with Crippen LogP contribution in [0.5, 0.6) is 0 Å². The largest absolute Gasteiger partial charge is 0.390 e. The molecule has 0 aliphatic rings. The first-order chi connectivity index (χ1) is 7.74. The smallest absolute Gasteiger partial charge is 0.136 e. The van der Waals surface area contributed by atoms with E-state index < -0.39 is 6.10 Å². The van der Waals surface area contributed by atoms with Crippen LogP contribution in [-0.4, -0.2) is 30.2 Å². The fourth-order valence-electron chi connectivity index (χ4n) is 1.16. The first kappa shape index (κ1) is 13.5. The fourth-order valence-corrected chi connectivity index (χ4v) is 2.01. The topological polar surface area (TPSA) is 29.5 Å². The lowest BCUT2D eigenvalue weighted by molar-refractivity contribution is 0.0489. The van der Waals surface area contributed by atoms with E-state index in [0.29, 0.717) is 23.9 Å². The Bertz CT molecular complexity index is 307. The molecule has 1 atom stereocenters. The minimum Gasteiger partial charge on any atom is -0.390 e. The summed E-state index contributed by atoms with van der Waals surface area (Å²) >= 11 is 1.31. The number of ether oxygens (including phenoxy) is 1. The molecule has 1 unspecified atom stereocenters. The van der Waals surface area contributed by atoms with Crippen LogP contribution in [0.4, 0.5) is 4.39 Å². The standard InChI is InChI=1S/C12H17FO2S/c1-2-7-15-8-10(14)9-16-12-6-4-3-5-11(12)13/h3-6,10,14H,2,7-9H2,1H3. The summed E-state index contributed by atoms with van der Waals surface area (Å²) in [6.45, 7) is 2.98. The predicted molar refractivity (Wildman–Crippen MR) is 64.2 cm³/mol. The lowest BCUT2D eigenvalue weighted by Gasteiger charge is -2.10. The van der Waals surface area contributed by atoms with E-state index in [0.717, 1.165) is 6.42 Å². The van der Waals surface area contributed by atoms with Crippen molar-refractivity contribution in [1.82, 2.24) is 0 Å². The summed E-state index contributed by atoms with van der Waals surface area (Å²) in [5.74, 6) is 0.208. The Kier molecular flexibility index (Phi) is 6.45. The number of benzene rings is 1. The van der Waals surface area contributed by atoms with Crippen molar-refractivity contribution < 1.29 is 14.2 Å². The molecular formula is C12H17FO2S. The molecular weight excluding hydrogens is 227 g/mol. The Labute approximate surface area is 99.8 Å². The molecule has 90 valence electrons. The van der Waals surface area contributed by atoms with Gasteiger partial charge in [-0.15, -0.1) is 11.8 Å². The minimum absolute atomic E-state index is 0.242. The van der Waals surface area contributed by atoms with E-state index in [1.807, 2.05) is 6.92 Å². The second kappa shape index (κ2) is 7.65. The fraction of sp³-hybridized carbons (Fsp3) is 0.500. The summed E-state index contributed by atoms with van der Waals surface area (Å²) in [5, 5.41) is 9.56. The third kappa shape index (κ3) is 4.96. The third-order valence-electron chi connectivity index (χ3n) is 1.93. The zero-order valence-corrected chi connectivity index (χ0v) is 10.2. The molecule has 0 aliphatic heterocycles. The summed E-state index contributed by atoms with van der Waals surface area (Å²) < 4.78 is 18.4. The quantitative estimate of drug-likeness (QED) is 0.590. The van der Waals surface area contributed by atoms with Crippen molar-refractivity contribution in [2.24, 2.45) is 0 Å². The second-order valence-electron chi connectivity index (χ2n) is 3.47. The number of aliphatic hydroxyl groups excluding tert-OH is 1. The number of rotatable bonds is 7. The molecule has 0 heterocycles. The maximum absolute atomic E-state index is 13.2. The van der Waals surface area contributed by atoms with E-state index in [4.69, 9.17) is 4.74 Å². The van der Waals surface area contributed by atoms with Crippen molar-refractivity contribution >= 4 is 11.8 Å². The molecule has 0 saturated heterocycles. The van der Waals surface area contributed by atoms with Gasteiger partial charge in [0.15, 0.2) is 0 Å². The molecule has 0 fully saturated rings. The summed E-state index contributed by atoms with van der Waals surface area (Å²) in [4.78, 5) is 0.567. The van der Waals surface area contributed by atoms with Crippen LogP contribution in [0.15, 0.2) is 29.2 Å². The van der Waals surface area contributed by atoms with Crippen molar-refractivity contribution in [3.05, 3.63) is 30.1 Å². The molecule has 1 N–H and O–H groups in total. The van der Waals surface area contributed by atoms with Crippen LogP contribution in [0.3, 0.4) is 0 Å². The van der Waals surface area contributed by atoms with Crippen molar-refractivity contribution in [2.45, 2.75) is 24.3 Å². The van der Waals surface area contributed by atoms with Gasteiger partial charge in [0, 0.05) is 17.3 Å². The number of hydrogen-bond donors (Lipinski definition) is 1. The van der Waals surface area contributed by atoms with Gasteiger partial charge in [0.2, 0.25) is 0 Å². The SMILES string of the molecule is CCCOCC(O)CSc1ccccc1F. The lowest BCUT2D eigenvalue weighted by Crippen LogP contribution is -2.18. The molecule has 1 rings (SSSR count). The predicted octanol–water partition coefficient (Wildman–Crippen LogP) is 2.71. The summed E-state index contributed by atoms with van der Waals surface area (Å²) in [6.07, 6.45) is 0.392. The van der Waals surface area contributed by atoms with E-state index in [9.17, 15) is 9.50 Å². The van der Waals surface area contributed by atoms with E-state index >= 15 is 0 Å². The lowest BCUT2D eigenvalue weighted by atomic mass is 10.3. The Morgan fingerprint density at radius 2 is 2.19 bits per heavy atom. The zero-order valence-electron chi connectivity index (χ0n) is 9.36. The van der Waals surface area contributed by atoms with Crippen LogP contribution >= 0.6 is 11.8 Å². The van der Waals surface area contributed by atoms with Crippen LogP contribution in [-0.2, 0) is 4.74 Å². The van der Waals surface area contributed by atoms with E-state index in [1.54, 1.807) is 18.2 Å². The zero-order chi connectivity index (χ0) is 11.8. The maximum atomic E-state index is 13.2. The van der Waals surface area contributed by atoms with E-state index in [-0.39, 0.29) is 5.82 Å². The Balaban J connectivity index is 2.26. The van der Waals surface area contributed by atoms with Crippen LogP contribution in [0.1, 0.15) is 13.3 Å². The minimum atomic E-state index is -0.545. The van der Waals surface area contributed by atoms with Gasteiger partial charge in [-0.05, 0) is 18.6 Å². The first-order valence-corrected chi connectivity index (χ1v) is 6.35. The van der Waals surface area contributed by atoms with Crippen LogP contribution in [0.2, 0.25) is 0 Å². The average molecular weight is 244 g/mol. The highest BCUT2D eigenvalue weighted by Crippen LogP contribution is 2.21. The molecule has 0 bridgehead atoms. The number of thioether (sulfide) groups is 1. The molecule has 0 saturated carbocycles. The van der Waals surface area contributed by atoms with Crippen LogP contribution < -0.4 is 0 Å². The normalized spacial score (nSPS) is 12.7. The van der Waals surface area contributed by atoms with Gasteiger partial charge in [0.1, 0.15) is 5.82 Å². The van der Waals surface area contributed by atoms with E-state index in [1.165, 1.54) is 17.8 Å². The van der Waals surface area contributed by atoms with Gasteiger partial charge in [-0.25, -0.2) is 4.39 Å². The van der Waals surface area contributed by atoms with Gasteiger partial charge in [0.25, 0.3) is 0 Å². The van der Waals surface area contributed by atoms with Crippen LogP contribution in [0, 0.1) is 5.82 Å². The number of hydrogen-bond acceptors (Lipinski definition) is 3. The van der Waals surface area contributed by atoms with Gasteiger partial charge in [-0.3, -0.25) is 0 Å². The van der Waals surface area contributed by atoms with Crippen molar-refractivity contribution in [1.29, 1.82) is 0 Å². The highest BCUT2D eigenvalue weighted by molar-refractivity contribution is 7.99. The van der Waals surface area contributed by atoms with Gasteiger partial charge < -0.3 is 9.84 Å². The summed E-state index contributed by atoms with van der Waals surface area (Å²) in [5.41, 5.74) is 0. The second-order valence-corrected chi connectivity index (χ2v) is 4.53. The Morgan fingerprint density at radius 1 is 1.44 bits per heavy atom. The molecule has 1 aromatic carbocycles. The third-order valence-corrected chi connectivity index (χ3v) is 3.12. The molecule has 16 heavy (non-hydrogen) atoms. The average Bonchev–Trinajstić information content (AvgIpc) is 2.28. The van der Waals surface area contributed by atoms with Crippen molar-refractivity contribution in [3.8, 4) is 0 Å². The van der Waals surface area contributed by atoms with Crippen molar-refractivity contribution in [3.63, 3.8) is 0 Å². The molecule has 0 aliphatic carbocycles. The van der Waals surface area contributed by atoms with Gasteiger partial charge >= 0.3 is 0 Å². The van der Waals surface area contributed by atoms with Gasteiger partial charge in [-0.1, -0.05) is 19.1 Å². The maximum Gasteiger partial charge on any atom is 0.136 e. The number of aliphatic hydroxyl groups is 1.